The molecule has 1 N–H and O–H groups in total. The minimum atomic E-state index is -0.742. The summed E-state index contributed by atoms with van der Waals surface area (Å²) >= 11 is 0. The van der Waals surface area contributed by atoms with E-state index >= 15 is 0 Å². The normalized spacial score (nSPS) is 32.5. The van der Waals surface area contributed by atoms with Gasteiger partial charge in [0.05, 0.1) is 12.5 Å². The molecule has 0 aromatic heterocycles. The van der Waals surface area contributed by atoms with Gasteiger partial charge in [-0.15, -0.1) is 0 Å². The molecule has 2 aliphatic heterocycles. The van der Waals surface area contributed by atoms with Crippen LogP contribution in [-0.2, 0) is 9.59 Å². The minimum Gasteiger partial charge on any atom is -0.481 e. The molecular formula is C14H24N2O3. The molecule has 0 radical (unpaired) electrons. The van der Waals surface area contributed by atoms with Crippen LogP contribution in [0.1, 0.15) is 33.1 Å². The fraction of sp³-hybridized carbons (Fsp3) is 0.857. The number of carboxylic acid groups (broad SMARTS) is 1. The van der Waals surface area contributed by atoms with Crippen molar-refractivity contribution in [1.29, 1.82) is 0 Å². The lowest BCUT2D eigenvalue weighted by Gasteiger charge is -2.34. The monoisotopic (exact) mass is 268 g/mol. The summed E-state index contributed by atoms with van der Waals surface area (Å²) in [6, 6.07) is 0.330. The Labute approximate surface area is 114 Å². The van der Waals surface area contributed by atoms with Crippen LogP contribution in [0.4, 0.5) is 0 Å². The standard InChI is InChI=1S/C14H24N2O3/c1-10-7-15(8-12(10)14(18)19)9-13(17)16-6-4-3-5-11(16)2/h10-12H,3-9H2,1-2H3,(H,18,19)/t10-,11?,12-/m1/s1. The summed E-state index contributed by atoms with van der Waals surface area (Å²) in [5, 5.41) is 9.10. The molecule has 2 rings (SSSR count). The van der Waals surface area contributed by atoms with Crippen molar-refractivity contribution in [3.63, 3.8) is 0 Å². The second kappa shape index (κ2) is 5.90. The SMILES string of the molecule is CC1CCCCN1C(=O)CN1C[C@@H](C)[C@H](C(=O)O)C1. The van der Waals surface area contributed by atoms with Gasteiger partial charge in [-0.2, -0.15) is 0 Å². The Balaban J connectivity index is 1.88. The Morgan fingerprint density at radius 3 is 2.53 bits per heavy atom. The summed E-state index contributed by atoms with van der Waals surface area (Å²) in [6.07, 6.45) is 3.37. The predicted molar refractivity (Wildman–Crippen MR) is 71.8 cm³/mol. The first kappa shape index (κ1) is 14.3. The molecule has 1 unspecified atom stereocenters. The van der Waals surface area contributed by atoms with Gasteiger partial charge in [0.1, 0.15) is 0 Å². The molecule has 0 spiro atoms. The third kappa shape index (κ3) is 3.26. The zero-order valence-corrected chi connectivity index (χ0v) is 11.8. The van der Waals surface area contributed by atoms with E-state index in [1.165, 1.54) is 6.42 Å². The van der Waals surface area contributed by atoms with Crippen LogP contribution >= 0.6 is 0 Å². The van der Waals surface area contributed by atoms with Crippen LogP contribution in [0.25, 0.3) is 0 Å². The molecular weight excluding hydrogens is 244 g/mol. The van der Waals surface area contributed by atoms with E-state index in [4.69, 9.17) is 5.11 Å². The molecule has 5 heteroatoms. The molecule has 1 amide bonds. The molecule has 5 nitrogen and oxygen atoms in total. The average Bonchev–Trinajstić information content (AvgIpc) is 2.70. The molecule has 19 heavy (non-hydrogen) atoms. The second-order valence-electron chi connectivity index (χ2n) is 6.05. The molecule has 0 saturated carbocycles. The number of rotatable bonds is 3. The number of piperidine rings is 1. The number of hydrogen-bond donors (Lipinski definition) is 1. The molecule has 2 heterocycles. The minimum absolute atomic E-state index is 0.129. The van der Waals surface area contributed by atoms with Gasteiger partial charge in [-0.1, -0.05) is 6.92 Å². The molecule has 2 fully saturated rings. The van der Waals surface area contributed by atoms with Gasteiger partial charge in [0.15, 0.2) is 0 Å². The number of carboxylic acids is 1. The Kier molecular flexibility index (Phi) is 4.45. The van der Waals surface area contributed by atoms with Crippen molar-refractivity contribution in [3.8, 4) is 0 Å². The second-order valence-corrected chi connectivity index (χ2v) is 6.05. The van der Waals surface area contributed by atoms with Gasteiger partial charge in [0.2, 0.25) is 5.91 Å². The first-order valence-electron chi connectivity index (χ1n) is 7.23. The van der Waals surface area contributed by atoms with Crippen LogP contribution in [0.2, 0.25) is 0 Å². The maximum absolute atomic E-state index is 12.3. The van der Waals surface area contributed by atoms with Crippen LogP contribution < -0.4 is 0 Å². The molecule has 2 aliphatic rings. The van der Waals surface area contributed by atoms with Crippen molar-refractivity contribution in [2.45, 2.75) is 39.2 Å². The number of carbonyl (C=O) groups is 2. The summed E-state index contributed by atoms with van der Waals surface area (Å²) in [4.78, 5) is 27.3. The van der Waals surface area contributed by atoms with Gasteiger partial charge in [-0.25, -0.2) is 0 Å². The average molecular weight is 268 g/mol. The van der Waals surface area contributed by atoms with E-state index in [0.29, 0.717) is 25.7 Å². The lowest BCUT2D eigenvalue weighted by atomic mass is 9.99. The fourth-order valence-electron chi connectivity index (χ4n) is 3.27. The quantitative estimate of drug-likeness (QED) is 0.831. The highest BCUT2D eigenvalue weighted by atomic mass is 16.4. The first-order chi connectivity index (χ1) is 8.99. The van der Waals surface area contributed by atoms with Gasteiger partial charge in [-0.3, -0.25) is 14.5 Å². The van der Waals surface area contributed by atoms with Crippen molar-refractivity contribution in [3.05, 3.63) is 0 Å². The molecule has 0 aromatic rings. The largest absolute Gasteiger partial charge is 0.481 e. The number of hydrogen-bond acceptors (Lipinski definition) is 3. The smallest absolute Gasteiger partial charge is 0.308 e. The van der Waals surface area contributed by atoms with Gasteiger partial charge in [0.25, 0.3) is 0 Å². The van der Waals surface area contributed by atoms with Crippen molar-refractivity contribution in [2.24, 2.45) is 11.8 Å². The molecule has 0 aromatic carbocycles. The van der Waals surface area contributed by atoms with E-state index in [2.05, 4.69) is 6.92 Å². The van der Waals surface area contributed by atoms with Crippen LogP contribution in [0, 0.1) is 11.8 Å². The first-order valence-corrected chi connectivity index (χ1v) is 7.23. The molecule has 108 valence electrons. The van der Waals surface area contributed by atoms with E-state index in [1.54, 1.807) is 0 Å². The van der Waals surface area contributed by atoms with E-state index in [0.717, 1.165) is 19.4 Å². The molecule has 2 saturated heterocycles. The maximum Gasteiger partial charge on any atom is 0.308 e. The van der Waals surface area contributed by atoms with Gasteiger partial charge in [0, 0.05) is 25.7 Å². The summed E-state index contributed by atoms with van der Waals surface area (Å²) in [5.74, 6) is -0.783. The van der Waals surface area contributed by atoms with Crippen LogP contribution in [-0.4, -0.2) is 59.0 Å². The molecule has 0 aliphatic carbocycles. The lowest BCUT2D eigenvalue weighted by Crippen LogP contribution is -2.46. The topological polar surface area (TPSA) is 60.9 Å². The Bertz CT molecular complexity index is 359. The third-order valence-electron chi connectivity index (χ3n) is 4.49. The van der Waals surface area contributed by atoms with Crippen molar-refractivity contribution >= 4 is 11.9 Å². The van der Waals surface area contributed by atoms with Crippen molar-refractivity contribution < 1.29 is 14.7 Å². The van der Waals surface area contributed by atoms with Gasteiger partial charge >= 0.3 is 5.97 Å². The maximum atomic E-state index is 12.3. The zero-order chi connectivity index (χ0) is 14.0. The van der Waals surface area contributed by atoms with Gasteiger partial charge < -0.3 is 10.0 Å². The predicted octanol–water partition coefficient (Wildman–Crippen LogP) is 1.04. The summed E-state index contributed by atoms with van der Waals surface area (Å²) in [6.45, 7) is 6.50. The fourth-order valence-corrected chi connectivity index (χ4v) is 3.27. The zero-order valence-electron chi connectivity index (χ0n) is 11.8. The molecule has 3 atom stereocenters. The van der Waals surface area contributed by atoms with Gasteiger partial charge in [-0.05, 0) is 32.1 Å². The van der Waals surface area contributed by atoms with Crippen LogP contribution in [0.15, 0.2) is 0 Å². The van der Waals surface area contributed by atoms with Crippen LogP contribution in [0.3, 0.4) is 0 Å². The van der Waals surface area contributed by atoms with E-state index in [-0.39, 0.29) is 17.7 Å². The van der Waals surface area contributed by atoms with E-state index in [9.17, 15) is 9.59 Å². The Hall–Kier alpha value is -1.10. The number of aliphatic carboxylic acids is 1. The third-order valence-corrected chi connectivity index (χ3v) is 4.49. The molecule has 0 bridgehead atoms. The summed E-state index contributed by atoms with van der Waals surface area (Å²) in [7, 11) is 0. The Morgan fingerprint density at radius 1 is 1.21 bits per heavy atom. The van der Waals surface area contributed by atoms with Crippen molar-refractivity contribution in [1.82, 2.24) is 9.80 Å². The number of nitrogens with zero attached hydrogens (tertiary/aromatic N) is 2. The highest BCUT2D eigenvalue weighted by Gasteiger charge is 2.36. The number of amides is 1. The lowest BCUT2D eigenvalue weighted by molar-refractivity contribution is -0.142. The Morgan fingerprint density at radius 2 is 1.95 bits per heavy atom. The highest BCUT2D eigenvalue weighted by Crippen LogP contribution is 2.24. The number of likely N-dealkylation sites (tertiary alicyclic amines) is 2. The van der Waals surface area contributed by atoms with Crippen molar-refractivity contribution in [2.75, 3.05) is 26.2 Å². The highest BCUT2D eigenvalue weighted by molar-refractivity contribution is 5.79. The van der Waals surface area contributed by atoms with E-state index in [1.807, 2.05) is 16.7 Å². The summed E-state index contributed by atoms with van der Waals surface area (Å²) < 4.78 is 0. The van der Waals surface area contributed by atoms with Crippen LogP contribution in [0.5, 0.6) is 0 Å². The summed E-state index contributed by atoms with van der Waals surface area (Å²) in [5.41, 5.74) is 0. The number of carbonyl (C=O) groups excluding carboxylic acids is 1. The van der Waals surface area contributed by atoms with E-state index < -0.39 is 5.97 Å².